The summed E-state index contributed by atoms with van der Waals surface area (Å²) in [6.45, 7) is 4.10. The van der Waals surface area contributed by atoms with Crippen molar-refractivity contribution in [1.29, 1.82) is 5.26 Å². The summed E-state index contributed by atoms with van der Waals surface area (Å²) in [6.07, 6.45) is 0.148. The molecule has 28 heavy (non-hydrogen) atoms. The summed E-state index contributed by atoms with van der Waals surface area (Å²) in [5.41, 5.74) is 2.93. The number of sulfonamides is 1. The molecule has 2 aromatic carbocycles. The quantitative estimate of drug-likeness (QED) is 0.713. The maximum absolute atomic E-state index is 13.2. The Morgan fingerprint density at radius 1 is 1.11 bits per heavy atom. The summed E-state index contributed by atoms with van der Waals surface area (Å²) in [7, 11) is -1.01. The number of carbonyl (C=O) groups excluding carboxylic acids is 1. The van der Waals surface area contributed by atoms with Crippen molar-refractivity contribution in [3.63, 3.8) is 0 Å². The van der Waals surface area contributed by atoms with E-state index in [1.54, 1.807) is 0 Å². The molecule has 0 unspecified atom stereocenters. The van der Waals surface area contributed by atoms with E-state index in [-0.39, 0.29) is 28.4 Å². The second-order valence-corrected chi connectivity index (χ2v) is 9.09. The van der Waals surface area contributed by atoms with E-state index in [2.05, 4.69) is 0 Å². The molecule has 0 spiro atoms. The van der Waals surface area contributed by atoms with Gasteiger partial charge in [0.1, 0.15) is 4.90 Å². The van der Waals surface area contributed by atoms with Gasteiger partial charge >= 0.3 is 0 Å². The molecule has 0 atom stereocenters. The molecule has 0 radical (unpaired) electrons. The van der Waals surface area contributed by atoms with Crippen LogP contribution < -0.4 is 4.90 Å². The van der Waals surface area contributed by atoms with Crippen LogP contribution in [0.1, 0.15) is 27.9 Å². The fraction of sp³-hybridized carbons (Fsp3) is 0.300. The highest BCUT2D eigenvalue weighted by molar-refractivity contribution is 7.89. The Morgan fingerprint density at radius 3 is 2.36 bits per heavy atom. The van der Waals surface area contributed by atoms with Crippen molar-refractivity contribution >= 4 is 33.2 Å². The highest BCUT2D eigenvalue weighted by Gasteiger charge is 2.25. The highest BCUT2D eigenvalue weighted by Crippen LogP contribution is 2.27. The summed E-state index contributed by atoms with van der Waals surface area (Å²) >= 11 is 6.07. The molecule has 0 aromatic heterocycles. The number of carbonyl (C=O) groups is 1. The molecule has 2 rings (SSSR count). The van der Waals surface area contributed by atoms with E-state index in [1.165, 1.54) is 37.2 Å². The largest absolute Gasteiger partial charge is 0.307 e. The third kappa shape index (κ3) is 4.53. The maximum Gasteiger partial charge on any atom is 0.258 e. The van der Waals surface area contributed by atoms with Crippen molar-refractivity contribution in [2.75, 3.05) is 25.5 Å². The van der Waals surface area contributed by atoms with E-state index in [1.807, 2.05) is 38.1 Å². The summed E-state index contributed by atoms with van der Waals surface area (Å²) in [5, 5.41) is 9.01. The fourth-order valence-electron chi connectivity index (χ4n) is 2.59. The Kier molecular flexibility index (Phi) is 6.83. The minimum Gasteiger partial charge on any atom is -0.307 e. The molecule has 6 nitrogen and oxygen atoms in total. The lowest BCUT2D eigenvalue weighted by molar-refractivity contribution is 0.0987. The van der Waals surface area contributed by atoms with Gasteiger partial charge < -0.3 is 4.90 Å². The van der Waals surface area contributed by atoms with Gasteiger partial charge in [0.25, 0.3) is 5.91 Å². The standard InChI is InChI=1S/C20H22ClN3O3S/c1-14-6-8-17(12-15(14)2)24(11-5-10-22)20(25)16-7-9-18(21)19(13-16)28(26,27)23(3)4/h6-9,12-13H,5,11H2,1-4H3. The summed E-state index contributed by atoms with van der Waals surface area (Å²) in [5.74, 6) is -0.398. The predicted molar refractivity (Wildman–Crippen MR) is 110 cm³/mol. The summed E-state index contributed by atoms with van der Waals surface area (Å²) in [4.78, 5) is 14.5. The number of nitrogens with zero attached hydrogens (tertiary/aromatic N) is 3. The minimum absolute atomic E-state index is 0.0417. The second kappa shape index (κ2) is 8.74. The molecule has 0 heterocycles. The van der Waals surface area contributed by atoms with Crippen molar-refractivity contribution in [1.82, 2.24) is 4.31 Å². The molecule has 1 amide bonds. The van der Waals surface area contributed by atoms with Crippen LogP contribution in [0.2, 0.25) is 5.02 Å². The van der Waals surface area contributed by atoms with E-state index in [0.29, 0.717) is 5.69 Å². The number of anilines is 1. The number of rotatable bonds is 6. The molecule has 148 valence electrons. The van der Waals surface area contributed by atoms with Crippen LogP contribution in [0.4, 0.5) is 5.69 Å². The lowest BCUT2D eigenvalue weighted by atomic mass is 10.1. The SMILES string of the molecule is Cc1ccc(N(CCC#N)C(=O)c2ccc(Cl)c(S(=O)(=O)N(C)C)c2)cc1C. The minimum atomic E-state index is -3.80. The van der Waals surface area contributed by atoms with Gasteiger partial charge in [-0.15, -0.1) is 0 Å². The van der Waals surface area contributed by atoms with Gasteiger partial charge in [0.2, 0.25) is 10.0 Å². The first kappa shape index (κ1) is 21.9. The van der Waals surface area contributed by atoms with Crippen molar-refractivity contribution in [3.8, 4) is 6.07 Å². The zero-order chi connectivity index (χ0) is 21.1. The molecule has 0 aliphatic carbocycles. The molecule has 0 saturated heterocycles. The van der Waals surface area contributed by atoms with Crippen LogP contribution in [-0.4, -0.2) is 39.3 Å². The first-order chi connectivity index (χ1) is 13.1. The number of hydrogen-bond donors (Lipinski definition) is 0. The number of amides is 1. The Hall–Kier alpha value is -2.40. The highest BCUT2D eigenvalue weighted by atomic mass is 35.5. The van der Waals surface area contributed by atoms with Crippen molar-refractivity contribution < 1.29 is 13.2 Å². The number of halogens is 1. The number of aryl methyl sites for hydroxylation is 2. The van der Waals surface area contributed by atoms with E-state index in [9.17, 15) is 13.2 Å². The molecule has 8 heteroatoms. The first-order valence-electron chi connectivity index (χ1n) is 8.57. The normalized spacial score (nSPS) is 11.3. The third-order valence-corrected chi connectivity index (χ3v) is 6.73. The second-order valence-electron chi connectivity index (χ2n) is 6.57. The Morgan fingerprint density at radius 2 is 1.79 bits per heavy atom. The number of hydrogen-bond acceptors (Lipinski definition) is 4. The van der Waals surface area contributed by atoms with Gasteiger partial charge in [-0.2, -0.15) is 5.26 Å². The van der Waals surface area contributed by atoms with Crippen LogP contribution in [0.3, 0.4) is 0 Å². The molecule has 0 bridgehead atoms. The molecule has 0 aliphatic rings. The third-order valence-electron chi connectivity index (χ3n) is 4.43. The van der Waals surface area contributed by atoms with Gasteiger partial charge in [-0.3, -0.25) is 4.79 Å². The van der Waals surface area contributed by atoms with Gasteiger partial charge in [-0.05, 0) is 55.3 Å². The first-order valence-corrected chi connectivity index (χ1v) is 10.4. The molecule has 0 saturated carbocycles. The fourth-order valence-corrected chi connectivity index (χ4v) is 3.98. The van der Waals surface area contributed by atoms with Crippen LogP contribution in [0.25, 0.3) is 0 Å². The van der Waals surface area contributed by atoms with Crippen LogP contribution in [0.5, 0.6) is 0 Å². The van der Waals surface area contributed by atoms with E-state index in [0.717, 1.165) is 15.4 Å². The zero-order valence-corrected chi connectivity index (χ0v) is 17.8. The van der Waals surface area contributed by atoms with Crippen molar-refractivity contribution in [2.45, 2.75) is 25.2 Å². The molecule has 2 aromatic rings. The average molecular weight is 420 g/mol. The van der Waals surface area contributed by atoms with Crippen LogP contribution in [0.15, 0.2) is 41.3 Å². The number of benzene rings is 2. The van der Waals surface area contributed by atoms with Crippen LogP contribution in [-0.2, 0) is 10.0 Å². The predicted octanol–water partition coefficient (Wildman–Crippen LogP) is 3.77. The Balaban J connectivity index is 2.53. The summed E-state index contributed by atoms with van der Waals surface area (Å²) < 4.78 is 26.0. The van der Waals surface area contributed by atoms with Gasteiger partial charge in [-0.25, -0.2) is 12.7 Å². The Labute approximate surface area is 171 Å². The smallest absolute Gasteiger partial charge is 0.258 e. The zero-order valence-electron chi connectivity index (χ0n) is 16.2. The molecule has 0 aliphatic heterocycles. The Bertz CT molecular complexity index is 1040. The van der Waals surface area contributed by atoms with Gasteiger partial charge in [0.05, 0.1) is 17.5 Å². The average Bonchev–Trinajstić information content (AvgIpc) is 2.64. The van der Waals surface area contributed by atoms with Crippen LogP contribution >= 0.6 is 11.6 Å². The molecular formula is C20H22ClN3O3S. The van der Waals surface area contributed by atoms with Crippen molar-refractivity contribution in [2.24, 2.45) is 0 Å². The topological polar surface area (TPSA) is 81.5 Å². The molecule has 0 N–H and O–H groups in total. The van der Waals surface area contributed by atoms with Crippen LogP contribution in [0, 0.1) is 25.2 Å². The monoisotopic (exact) mass is 419 g/mol. The number of nitriles is 1. The van der Waals surface area contributed by atoms with E-state index < -0.39 is 15.9 Å². The van der Waals surface area contributed by atoms with Gasteiger partial charge in [0.15, 0.2) is 0 Å². The molecule has 0 fully saturated rings. The van der Waals surface area contributed by atoms with Crippen molar-refractivity contribution in [3.05, 3.63) is 58.1 Å². The summed E-state index contributed by atoms with van der Waals surface area (Å²) in [6, 6.07) is 11.8. The lowest BCUT2D eigenvalue weighted by Gasteiger charge is -2.23. The van der Waals surface area contributed by atoms with E-state index >= 15 is 0 Å². The molecular weight excluding hydrogens is 398 g/mol. The lowest BCUT2D eigenvalue weighted by Crippen LogP contribution is -2.32. The van der Waals surface area contributed by atoms with Gasteiger partial charge in [0, 0.05) is 31.9 Å². The maximum atomic E-state index is 13.2. The van der Waals surface area contributed by atoms with Gasteiger partial charge in [-0.1, -0.05) is 17.7 Å². The van der Waals surface area contributed by atoms with E-state index in [4.69, 9.17) is 16.9 Å².